The molecule has 6 heteroatoms. The average Bonchev–Trinajstić information content (AvgIpc) is 3.00. The molecule has 1 amide bonds. The van der Waals surface area contributed by atoms with Crippen molar-refractivity contribution in [3.05, 3.63) is 41.8 Å². The maximum atomic E-state index is 12.4. The van der Waals surface area contributed by atoms with Crippen LogP contribution in [0.2, 0.25) is 0 Å². The van der Waals surface area contributed by atoms with Crippen molar-refractivity contribution in [3.8, 4) is 0 Å². The van der Waals surface area contributed by atoms with Crippen molar-refractivity contribution in [2.75, 3.05) is 13.1 Å². The minimum Gasteiger partial charge on any atom is -0.342 e. The lowest BCUT2D eigenvalue weighted by atomic mass is 9.97. The molecule has 116 valence electrons. The summed E-state index contributed by atoms with van der Waals surface area (Å²) in [6.45, 7) is 3.30. The van der Waals surface area contributed by atoms with Gasteiger partial charge in [0.1, 0.15) is 0 Å². The topological polar surface area (TPSA) is 72.1 Å². The third-order valence-electron chi connectivity index (χ3n) is 4.02. The Morgan fingerprint density at radius 2 is 2.41 bits per heavy atom. The molecule has 0 bridgehead atoms. The Hall–Kier alpha value is -2.24. The number of aromatic nitrogens is 3. The number of piperidine rings is 1. The van der Waals surface area contributed by atoms with Crippen LogP contribution in [-0.4, -0.2) is 39.0 Å². The number of amides is 1. The number of likely N-dealkylation sites (tertiary alicyclic amines) is 1. The first-order valence-corrected chi connectivity index (χ1v) is 7.69. The summed E-state index contributed by atoms with van der Waals surface area (Å²) in [5.41, 5.74) is 1.09. The maximum Gasteiger partial charge on any atom is 0.231 e. The Bertz CT molecular complexity index is 626. The molecular formula is C16H20N4O2. The van der Waals surface area contributed by atoms with Crippen molar-refractivity contribution >= 4 is 5.91 Å². The van der Waals surface area contributed by atoms with Gasteiger partial charge in [-0.3, -0.25) is 9.78 Å². The molecule has 1 saturated heterocycles. The number of carbonyl (C=O) groups is 1. The van der Waals surface area contributed by atoms with Gasteiger partial charge in [-0.15, -0.1) is 0 Å². The monoisotopic (exact) mass is 300 g/mol. The highest BCUT2D eigenvalue weighted by Crippen LogP contribution is 2.26. The lowest BCUT2D eigenvalue weighted by Gasteiger charge is -2.31. The standard InChI is InChI=1S/C16H20N4O2/c1-12-18-16(22-19-12)14-5-3-9-20(11-14)15(21)7-6-13-4-2-8-17-10-13/h2,4,8,10,14H,3,5-7,9,11H2,1H3. The number of carbonyl (C=O) groups excluding carboxylic acids is 1. The van der Waals surface area contributed by atoms with Gasteiger partial charge in [0.15, 0.2) is 5.82 Å². The Labute approximate surface area is 129 Å². The minimum atomic E-state index is 0.164. The van der Waals surface area contributed by atoms with E-state index in [1.165, 1.54) is 0 Å². The summed E-state index contributed by atoms with van der Waals surface area (Å²) in [4.78, 5) is 22.7. The van der Waals surface area contributed by atoms with E-state index in [1.807, 2.05) is 30.2 Å². The fourth-order valence-electron chi connectivity index (χ4n) is 2.84. The third kappa shape index (κ3) is 3.50. The van der Waals surface area contributed by atoms with E-state index in [9.17, 15) is 4.79 Å². The molecule has 22 heavy (non-hydrogen) atoms. The number of aryl methyl sites for hydroxylation is 2. The van der Waals surface area contributed by atoms with E-state index in [0.29, 0.717) is 24.7 Å². The highest BCUT2D eigenvalue weighted by molar-refractivity contribution is 5.76. The van der Waals surface area contributed by atoms with Crippen molar-refractivity contribution in [1.82, 2.24) is 20.0 Å². The number of pyridine rings is 1. The van der Waals surface area contributed by atoms with Gasteiger partial charge < -0.3 is 9.42 Å². The van der Waals surface area contributed by atoms with Crippen LogP contribution in [0.5, 0.6) is 0 Å². The van der Waals surface area contributed by atoms with Crippen LogP contribution in [0.3, 0.4) is 0 Å². The first kappa shape index (κ1) is 14.7. The largest absolute Gasteiger partial charge is 0.342 e. The van der Waals surface area contributed by atoms with Gasteiger partial charge in [0, 0.05) is 31.9 Å². The summed E-state index contributed by atoms with van der Waals surface area (Å²) < 4.78 is 5.25. The van der Waals surface area contributed by atoms with Gasteiger partial charge in [-0.1, -0.05) is 11.2 Å². The predicted octanol–water partition coefficient (Wildman–Crippen LogP) is 2.11. The zero-order valence-corrected chi connectivity index (χ0v) is 12.7. The molecule has 6 nitrogen and oxygen atoms in total. The molecule has 2 aromatic heterocycles. The molecule has 2 aromatic rings. The summed E-state index contributed by atoms with van der Waals surface area (Å²) in [5, 5.41) is 3.84. The van der Waals surface area contributed by atoms with Crippen LogP contribution >= 0.6 is 0 Å². The molecule has 3 heterocycles. The van der Waals surface area contributed by atoms with E-state index in [2.05, 4.69) is 15.1 Å². The maximum absolute atomic E-state index is 12.4. The summed E-state index contributed by atoms with van der Waals surface area (Å²) in [6.07, 6.45) is 6.77. The van der Waals surface area contributed by atoms with Crippen LogP contribution in [0.15, 0.2) is 29.0 Å². The van der Waals surface area contributed by atoms with E-state index < -0.39 is 0 Å². The number of nitrogens with zero attached hydrogens (tertiary/aromatic N) is 4. The van der Waals surface area contributed by atoms with Crippen molar-refractivity contribution < 1.29 is 9.32 Å². The molecule has 0 aliphatic carbocycles. The van der Waals surface area contributed by atoms with E-state index in [4.69, 9.17) is 4.52 Å². The fourth-order valence-corrected chi connectivity index (χ4v) is 2.84. The van der Waals surface area contributed by atoms with Gasteiger partial charge in [-0.05, 0) is 37.8 Å². The molecule has 1 unspecified atom stereocenters. The van der Waals surface area contributed by atoms with Gasteiger partial charge in [0.2, 0.25) is 11.8 Å². The van der Waals surface area contributed by atoms with Gasteiger partial charge in [-0.2, -0.15) is 4.98 Å². The van der Waals surface area contributed by atoms with Crippen molar-refractivity contribution in [1.29, 1.82) is 0 Å². The van der Waals surface area contributed by atoms with Crippen LogP contribution in [0.25, 0.3) is 0 Å². The highest BCUT2D eigenvalue weighted by Gasteiger charge is 2.27. The number of rotatable bonds is 4. The quantitative estimate of drug-likeness (QED) is 0.864. The van der Waals surface area contributed by atoms with E-state index >= 15 is 0 Å². The van der Waals surface area contributed by atoms with Crippen LogP contribution in [0.4, 0.5) is 0 Å². The zero-order chi connectivity index (χ0) is 15.4. The van der Waals surface area contributed by atoms with Crippen molar-refractivity contribution in [2.45, 2.75) is 38.5 Å². The molecule has 0 saturated carbocycles. The summed E-state index contributed by atoms with van der Waals surface area (Å²) in [5.74, 6) is 1.65. The van der Waals surface area contributed by atoms with Gasteiger partial charge in [-0.25, -0.2) is 0 Å². The molecule has 0 aromatic carbocycles. The van der Waals surface area contributed by atoms with Crippen LogP contribution in [-0.2, 0) is 11.2 Å². The summed E-state index contributed by atoms with van der Waals surface area (Å²) >= 11 is 0. The van der Waals surface area contributed by atoms with E-state index in [0.717, 1.165) is 31.4 Å². The molecule has 0 N–H and O–H groups in total. The normalized spacial score (nSPS) is 18.4. The van der Waals surface area contributed by atoms with Crippen molar-refractivity contribution in [3.63, 3.8) is 0 Å². The zero-order valence-electron chi connectivity index (χ0n) is 12.7. The Balaban J connectivity index is 1.56. The number of hydrogen-bond acceptors (Lipinski definition) is 5. The SMILES string of the molecule is Cc1noc(C2CCCN(C(=O)CCc3cccnc3)C2)n1. The molecule has 1 aliphatic heterocycles. The smallest absolute Gasteiger partial charge is 0.231 e. The van der Waals surface area contributed by atoms with Gasteiger partial charge in [0.05, 0.1) is 5.92 Å². The van der Waals surface area contributed by atoms with Crippen LogP contribution < -0.4 is 0 Å². The molecule has 1 aliphatic rings. The molecule has 0 spiro atoms. The van der Waals surface area contributed by atoms with E-state index in [1.54, 1.807) is 6.20 Å². The number of hydrogen-bond donors (Lipinski definition) is 0. The second kappa shape index (κ2) is 6.68. The molecule has 0 radical (unpaired) electrons. The van der Waals surface area contributed by atoms with Crippen molar-refractivity contribution in [2.24, 2.45) is 0 Å². The molecule has 1 fully saturated rings. The van der Waals surface area contributed by atoms with Gasteiger partial charge in [0.25, 0.3) is 0 Å². The fraction of sp³-hybridized carbons (Fsp3) is 0.500. The summed E-state index contributed by atoms with van der Waals surface area (Å²) in [7, 11) is 0. The summed E-state index contributed by atoms with van der Waals surface area (Å²) in [6, 6.07) is 3.90. The minimum absolute atomic E-state index is 0.164. The molecule has 3 rings (SSSR count). The lowest BCUT2D eigenvalue weighted by Crippen LogP contribution is -2.39. The first-order valence-electron chi connectivity index (χ1n) is 7.69. The third-order valence-corrected chi connectivity index (χ3v) is 4.02. The molecule has 1 atom stereocenters. The van der Waals surface area contributed by atoms with E-state index in [-0.39, 0.29) is 11.8 Å². The second-order valence-corrected chi connectivity index (χ2v) is 5.72. The Morgan fingerprint density at radius 3 is 3.14 bits per heavy atom. The lowest BCUT2D eigenvalue weighted by molar-refractivity contribution is -0.132. The highest BCUT2D eigenvalue weighted by atomic mass is 16.5. The predicted molar refractivity (Wildman–Crippen MR) is 80.1 cm³/mol. The van der Waals surface area contributed by atoms with Crippen LogP contribution in [0.1, 0.15) is 42.5 Å². The second-order valence-electron chi connectivity index (χ2n) is 5.72. The van der Waals surface area contributed by atoms with Crippen LogP contribution in [0, 0.1) is 6.92 Å². The Morgan fingerprint density at radius 1 is 1.50 bits per heavy atom. The molecular weight excluding hydrogens is 280 g/mol. The average molecular weight is 300 g/mol. The van der Waals surface area contributed by atoms with Gasteiger partial charge >= 0.3 is 0 Å². The first-order chi connectivity index (χ1) is 10.7. The Kier molecular flexibility index (Phi) is 4.46.